The topological polar surface area (TPSA) is 46.3 Å². The lowest BCUT2D eigenvalue weighted by atomic mass is 10.1. The largest absolute Gasteiger partial charge is 0.370 e. The molecule has 2 N–H and O–H groups in total. The molecule has 0 fully saturated rings. The summed E-state index contributed by atoms with van der Waals surface area (Å²) in [5, 5.41) is 0. The van der Waals surface area contributed by atoms with Gasteiger partial charge in [-0.1, -0.05) is 91.9 Å². The van der Waals surface area contributed by atoms with E-state index in [0.29, 0.717) is 6.42 Å². The van der Waals surface area contributed by atoms with E-state index in [1.165, 1.54) is 83.8 Å². The second-order valence-corrected chi connectivity index (χ2v) is 6.37. The fraction of sp³-hybridized carbons (Fsp3) is 0.950. The molecule has 0 unspecified atom stereocenters. The maximum absolute atomic E-state index is 10.5. The number of carbonyl (C=O) groups is 1. The number of nitrogens with zero attached hydrogens (tertiary/aromatic N) is 1. The van der Waals surface area contributed by atoms with Gasteiger partial charge in [0.2, 0.25) is 5.91 Å². The summed E-state index contributed by atoms with van der Waals surface area (Å²) < 4.78 is 0. The zero-order valence-corrected chi connectivity index (χ0v) is 16.5. The highest BCUT2D eigenvalue weighted by Crippen LogP contribution is 2.11. The molecule has 0 radical (unpaired) electrons. The van der Waals surface area contributed by atoms with E-state index in [0.717, 1.165) is 6.42 Å². The van der Waals surface area contributed by atoms with Crippen molar-refractivity contribution in [1.82, 2.24) is 4.90 Å². The summed E-state index contributed by atoms with van der Waals surface area (Å²) in [6.45, 7) is 12.4. The van der Waals surface area contributed by atoms with Crippen molar-refractivity contribution < 1.29 is 4.79 Å². The van der Waals surface area contributed by atoms with Crippen LogP contribution in [0.5, 0.6) is 0 Å². The second-order valence-electron chi connectivity index (χ2n) is 6.37. The maximum Gasteiger partial charge on any atom is 0.217 e. The first-order chi connectivity index (χ1) is 11.1. The Hall–Kier alpha value is -0.570. The lowest BCUT2D eigenvalue weighted by Gasteiger charge is -2.13. The van der Waals surface area contributed by atoms with E-state index >= 15 is 0 Å². The van der Waals surface area contributed by atoms with Gasteiger partial charge in [0.05, 0.1) is 0 Å². The first-order valence-electron chi connectivity index (χ1n) is 10.1. The minimum atomic E-state index is -0.157. The molecule has 0 aliphatic carbocycles. The van der Waals surface area contributed by atoms with Crippen LogP contribution in [0.1, 0.15) is 105 Å². The minimum Gasteiger partial charge on any atom is -0.370 e. The number of carbonyl (C=O) groups excluding carboxylic acids is 1. The molecule has 0 aliphatic heterocycles. The molecule has 1 amide bonds. The summed E-state index contributed by atoms with van der Waals surface area (Å²) in [5.41, 5.74) is 5.07. The average Bonchev–Trinajstić information content (AvgIpc) is 2.54. The molecular weight excluding hydrogens is 284 g/mol. The summed E-state index contributed by atoms with van der Waals surface area (Å²) in [5.74, 6) is -0.157. The Morgan fingerprint density at radius 3 is 1.26 bits per heavy atom. The lowest BCUT2D eigenvalue weighted by molar-refractivity contribution is -0.118. The minimum absolute atomic E-state index is 0.157. The molecule has 0 aliphatic rings. The highest BCUT2D eigenvalue weighted by atomic mass is 16.1. The third kappa shape index (κ3) is 23.8. The van der Waals surface area contributed by atoms with Gasteiger partial charge in [-0.15, -0.1) is 0 Å². The van der Waals surface area contributed by atoms with Crippen LogP contribution < -0.4 is 5.73 Å². The predicted molar refractivity (Wildman–Crippen MR) is 104 cm³/mol. The van der Waals surface area contributed by atoms with Crippen molar-refractivity contribution in [3.63, 3.8) is 0 Å². The van der Waals surface area contributed by atoms with Gasteiger partial charge in [0, 0.05) is 6.42 Å². The van der Waals surface area contributed by atoms with Crippen LogP contribution in [-0.2, 0) is 4.79 Å². The van der Waals surface area contributed by atoms with Crippen LogP contribution in [0.4, 0.5) is 0 Å². The van der Waals surface area contributed by atoms with E-state index in [1.54, 1.807) is 0 Å². The Bertz CT molecular complexity index is 222. The Morgan fingerprint density at radius 1 is 0.652 bits per heavy atom. The van der Waals surface area contributed by atoms with Crippen LogP contribution >= 0.6 is 0 Å². The molecule has 0 heterocycles. The van der Waals surface area contributed by atoms with E-state index < -0.39 is 0 Å². The van der Waals surface area contributed by atoms with Crippen molar-refractivity contribution in [1.29, 1.82) is 0 Å². The molecule has 3 heteroatoms. The van der Waals surface area contributed by atoms with Crippen LogP contribution in [0.15, 0.2) is 0 Å². The Morgan fingerprint density at radius 2 is 1.00 bits per heavy atom. The number of nitrogens with two attached hydrogens (primary N) is 1. The standard InChI is InChI=1S/C14H29NO.C6H15N/c1-2-3-4-5-6-7-8-9-10-11-12-13-14(15)16;1-4-7(5-2)6-3/h2-13H2,1H3,(H2,15,16);4-6H2,1-3H3. The molecule has 0 bridgehead atoms. The highest BCUT2D eigenvalue weighted by Gasteiger charge is 1.95. The fourth-order valence-electron chi connectivity index (χ4n) is 2.63. The monoisotopic (exact) mass is 328 g/mol. The van der Waals surface area contributed by atoms with Crippen LogP contribution in [0, 0.1) is 0 Å². The third-order valence-electron chi connectivity index (χ3n) is 4.37. The van der Waals surface area contributed by atoms with Crippen LogP contribution in [-0.4, -0.2) is 30.4 Å². The zero-order valence-electron chi connectivity index (χ0n) is 16.5. The van der Waals surface area contributed by atoms with Gasteiger partial charge in [-0.05, 0) is 26.1 Å². The molecule has 0 spiro atoms. The summed E-state index contributed by atoms with van der Waals surface area (Å²) in [6, 6.07) is 0. The molecule has 0 saturated carbocycles. The molecule has 140 valence electrons. The van der Waals surface area contributed by atoms with Gasteiger partial charge >= 0.3 is 0 Å². The highest BCUT2D eigenvalue weighted by molar-refractivity contribution is 5.73. The number of primary amides is 1. The molecule has 0 rings (SSSR count). The van der Waals surface area contributed by atoms with Crippen molar-refractivity contribution in [3.05, 3.63) is 0 Å². The Balaban J connectivity index is 0. The summed E-state index contributed by atoms with van der Waals surface area (Å²) in [6.07, 6.45) is 15.0. The Kier molecular flexibility index (Phi) is 23.0. The molecule has 0 aromatic heterocycles. The molecule has 0 saturated heterocycles. The van der Waals surface area contributed by atoms with Crippen LogP contribution in [0.2, 0.25) is 0 Å². The molecule has 0 aromatic carbocycles. The first-order valence-corrected chi connectivity index (χ1v) is 10.1. The summed E-state index contributed by atoms with van der Waals surface area (Å²) in [7, 11) is 0. The third-order valence-corrected chi connectivity index (χ3v) is 4.37. The van der Waals surface area contributed by atoms with E-state index in [4.69, 9.17) is 5.73 Å². The van der Waals surface area contributed by atoms with Crippen molar-refractivity contribution in [3.8, 4) is 0 Å². The van der Waals surface area contributed by atoms with Gasteiger partial charge in [-0.2, -0.15) is 0 Å². The first kappa shape index (κ1) is 24.7. The summed E-state index contributed by atoms with van der Waals surface area (Å²) >= 11 is 0. The quantitative estimate of drug-likeness (QED) is 0.402. The number of hydrogen-bond donors (Lipinski definition) is 1. The van der Waals surface area contributed by atoms with Gasteiger partial charge in [0.25, 0.3) is 0 Å². The van der Waals surface area contributed by atoms with Crippen LogP contribution in [0.3, 0.4) is 0 Å². The summed E-state index contributed by atoms with van der Waals surface area (Å²) in [4.78, 5) is 12.9. The van der Waals surface area contributed by atoms with Gasteiger partial charge < -0.3 is 10.6 Å². The number of rotatable bonds is 15. The molecule has 3 nitrogen and oxygen atoms in total. The van der Waals surface area contributed by atoms with Crippen LogP contribution in [0.25, 0.3) is 0 Å². The van der Waals surface area contributed by atoms with Crippen molar-refractivity contribution in [2.45, 2.75) is 105 Å². The van der Waals surface area contributed by atoms with Crippen molar-refractivity contribution in [2.75, 3.05) is 19.6 Å². The average molecular weight is 329 g/mol. The Labute approximate surface area is 146 Å². The van der Waals surface area contributed by atoms with Gasteiger partial charge in [0.15, 0.2) is 0 Å². The molecule has 0 atom stereocenters. The van der Waals surface area contributed by atoms with E-state index in [2.05, 4.69) is 32.6 Å². The van der Waals surface area contributed by atoms with E-state index in [-0.39, 0.29) is 5.91 Å². The van der Waals surface area contributed by atoms with Gasteiger partial charge in [-0.25, -0.2) is 0 Å². The number of hydrogen-bond acceptors (Lipinski definition) is 2. The van der Waals surface area contributed by atoms with Crippen molar-refractivity contribution >= 4 is 5.91 Å². The fourth-order valence-corrected chi connectivity index (χ4v) is 2.63. The predicted octanol–water partition coefficient (Wildman–Crippen LogP) is 5.52. The van der Waals surface area contributed by atoms with Gasteiger partial charge in [0.1, 0.15) is 0 Å². The van der Waals surface area contributed by atoms with E-state index in [9.17, 15) is 4.79 Å². The van der Waals surface area contributed by atoms with E-state index in [1.807, 2.05) is 0 Å². The van der Waals surface area contributed by atoms with Crippen molar-refractivity contribution in [2.24, 2.45) is 5.73 Å². The maximum atomic E-state index is 10.5. The van der Waals surface area contributed by atoms with Gasteiger partial charge in [-0.3, -0.25) is 4.79 Å². The normalized spacial score (nSPS) is 10.5. The second kappa shape index (κ2) is 21.4. The molecular formula is C20H44N2O. The zero-order chi connectivity index (χ0) is 17.8. The molecule has 23 heavy (non-hydrogen) atoms. The number of amides is 1. The SMILES string of the molecule is CCCCCCCCCCCCCC(N)=O.CCN(CC)CC. The smallest absolute Gasteiger partial charge is 0.217 e. The molecule has 0 aromatic rings. The number of unbranched alkanes of at least 4 members (excludes halogenated alkanes) is 10. The lowest BCUT2D eigenvalue weighted by Crippen LogP contribution is -2.21.